The Morgan fingerprint density at radius 3 is 2.71 bits per heavy atom. The lowest BCUT2D eigenvalue weighted by Crippen LogP contribution is -2.28. The Hall–Kier alpha value is -0.990. The monoisotopic (exact) mass is 100 g/mol. The summed E-state index contributed by atoms with van der Waals surface area (Å²) in [6.45, 7) is 3.80. The van der Waals surface area contributed by atoms with Gasteiger partial charge in [0, 0.05) is 6.54 Å². The molecule has 0 heterocycles. The molecule has 0 aliphatic heterocycles. The molecule has 0 unspecified atom stereocenters. The SMILES string of the molecule is C=CCNC(N)=O. The number of urea groups is 1. The molecule has 2 amide bonds. The highest BCUT2D eigenvalue weighted by molar-refractivity contribution is 5.71. The fraction of sp³-hybridized carbons (Fsp3) is 0.250. The highest BCUT2D eigenvalue weighted by Gasteiger charge is 1.81. The van der Waals surface area contributed by atoms with E-state index in [-0.39, 0.29) is 0 Å². The van der Waals surface area contributed by atoms with Gasteiger partial charge in [-0.25, -0.2) is 4.79 Å². The molecule has 0 radical (unpaired) electrons. The van der Waals surface area contributed by atoms with E-state index in [0.29, 0.717) is 6.54 Å². The van der Waals surface area contributed by atoms with E-state index in [2.05, 4.69) is 17.6 Å². The summed E-state index contributed by atoms with van der Waals surface area (Å²) < 4.78 is 0. The lowest BCUT2D eigenvalue weighted by atomic mass is 10.6. The van der Waals surface area contributed by atoms with Gasteiger partial charge in [0.1, 0.15) is 0 Å². The topological polar surface area (TPSA) is 55.1 Å². The van der Waals surface area contributed by atoms with Crippen LogP contribution in [-0.2, 0) is 0 Å². The van der Waals surface area contributed by atoms with Gasteiger partial charge in [-0.2, -0.15) is 0 Å². The number of carbonyl (C=O) groups is 1. The summed E-state index contributed by atoms with van der Waals surface area (Å²) in [5.74, 6) is 0. The molecule has 7 heavy (non-hydrogen) atoms. The maximum Gasteiger partial charge on any atom is 0.312 e. The van der Waals surface area contributed by atoms with E-state index in [1.807, 2.05) is 0 Å². The van der Waals surface area contributed by atoms with E-state index in [1.165, 1.54) is 0 Å². The summed E-state index contributed by atoms with van der Waals surface area (Å²) in [5.41, 5.74) is 4.68. The van der Waals surface area contributed by atoms with E-state index >= 15 is 0 Å². The Labute approximate surface area is 42.2 Å². The zero-order valence-corrected chi connectivity index (χ0v) is 3.98. The molecule has 0 rings (SSSR count). The smallest absolute Gasteiger partial charge is 0.312 e. The largest absolute Gasteiger partial charge is 0.352 e. The predicted octanol–water partition coefficient (Wildman–Crippen LogP) is -0.159. The number of hydrogen-bond acceptors (Lipinski definition) is 1. The van der Waals surface area contributed by atoms with Crippen molar-refractivity contribution in [3.8, 4) is 0 Å². The standard InChI is InChI=1S/C4H8N2O/c1-2-3-6-4(5)7/h2H,1,3H2,(H3,5,6,7). The van der Waals surface area contributed by atoms with Gasteiger partial charge in [0.25, 0.3) is 0 Å². The summed E-state index contributed by atoms with van der Waals surface area (Å²) in [6, 6.07) is -0.514. The van der Waals surface area contributed by atoms with Gasteiger partial charge in [-0.3, -0.25) is 0 Å². The highest BCUT2D eigenvalue weighted by Crippen LogP contribution is 1.56. The van der Waals surface area contributed by atoms with Crippen molar-refractivity contribution >= 4 is 6.03 Å². The van der Waals surface area contributed by atoms with E-state index in [1.54, 1.807) is 6.08 Å². The van der Waals surface area contributed by atoms with Gasteiger partial charge in [-0.1, -0.05) is 6.08 Å². The number of carbonyl (C=O) groups excluding carboxylic acids is 1. The quantitative estimate of drug-likeness (QED) is 0.465. The number of nitrogens with two attached hydrogens (primary N) is 1. The van der Waals surface area contributed by atoms with Crippen LogP contribution in [0.15, 0.2) is 12.7 Å². The molecule has 0 aromatic heterocycles. The first-order valence-electron chi connectivity index (χ1n) is 1.91. The number of rotatable bonds is 2. The van der Waals surface area contributed by atoms with Crippen molar-refractivity contribution in [1.29, 1.82) is 0 Å². The summed E-state index contributed by atoms with van der Waals surface area (Å²) in [6.07, 6.45) is 1.56. The van der Waals surface area contributed by atoms with Gasteiger partial charge in [0.05, 0.1) is 0 Å². The summed E-state index contributed by atoms with van der Waals surface area (Å²) >= 11 is 0. The molecule has 3 nitrogen and oxygen atoms in total. The molecule has 40 valence electrons. The van der Waals surface area contributed by atoms with Crippen molar-refractivity contribution in [2.75, 3.05) is 6.54 Å². The van der Waals surface area contributed by atoms with Crippen molar-refractivity contribution in [3.63, 3.8) is 0 Å². The molecule has 0 atom stereocenters. The Morgan fingerprint density at radius 2 is 2.57 bits per heavy atom. The van der Waals surface area contributed by atoms with Crippen LogP contribution in [0.3, 0.4) is 0 Å². The maximum atomic E-state index is 9.82. The Bertz CT molecular complexity index is 79.8. The minimum absolute atomic E-state index is 0.440. The van der Waals surface area contributed by atoms with Gasteiger partial charge < -0.3 is 11.1 Å². The molecule has 0 fully saturated rings. The molecular formula is C4H8N2O. The number of hydrogen-bond donors (Lipinski definition) is 2. The molecule has 0 aliphatic rings. The van der Waals surface area contributed by atoms with Crippen LogP contribution in [0.4, 0.5) is 4.79 Å². The minimum atomic E-state index is -0.514. The molecule has 0 aromatic carbocycles. The lowest BCUT2D eigenvalue weighted by Gasteiger charge is -1.90. The second kappa shape index (κ2) is 3.21. The van der Waals surface area contributed by atoms with Gasteiger partial charge >= 0.3 is 6.03 Å². The lowest BCUT2D eigenvalue weighted by molar-refractivity contribution is 0.250. The molecular weight excluding hydrogens is 92.1 g/mol. The Morgan fingerprint density at radius 1 is 2.00 bits per heavy atom. The van der Waals surface area contributed by atoms with Crippen LogP contribution in [0, 0.1) is 0 Å². The normalized spacial score (nSPS) is 7.43. The fourth-order valence-corrected chi connectivity index (χ4v) is 0.173. The molecule has 0 saturated heterocycles. The first-order chi connectivity index (χ1) is 3.27. The van der Waals surface area contributed by atoms with E-state index in [4.69, 9.17) is 0 Å². The maximum absolute atomic E-state index is 9.82. The Balaban J connectivity index is 2.97. The first kappa shape index (κ1) is 6.01. The fourth-order valence-electron chi connectivity index (χ4n) is 0.173. The third kappa shape index (κ3) is 5.01. The molecule has 0 bridgehead atoms. The second-order valence-corrected chi connectivity index (χ2v) is 1.03. The van der Waals surface area contributed by atoms with Crippen LogP contribution in [0.2, 0.25) is 0 Å². The number of amides is 2. The molecule has 0 aromatic rings. The van der Waals surface area contributed by atoms with Crippen LogP contribution >= 0.6 is 0 Å². The highest BCUT2D eigenvalue weighted by atomic mass is 16.2. The average Bonchev–Trinajstić information content (AvgIpc) is 1.61. The van der Waals surface area contributed by atoms with Crippen molar-refractivity contribution in [2.45, 2.75) is 0 Å². The van der Waals surface area contributed by atoms with Gasteiger partial charge in [0.2, 0.25) is 0 Å². The average molecular weight is 100 g/mol. The molecule has 3 N–H and O–H groups in total. The van der Waals surface area contributed by atoms with Crippen molar-refractivity contribution < 1.29 is 4.79 Å². The summed E-state index contributed by atoms with van der Waals surface area (Å²) in [4.78, 5) is 9.82. The molecule has 0 saturated carbocycles. The minimum Gasteiger partial charge on any atom is -0.352 e. The van der Waals surface area contributed by atoms with Gasteiger partial charge in [0.15, 0.2) is 0 Å². The van der Waals surface area contributed by atoms with E-state index in [0.717, 1.165) is 0 Å². The van der Waals surface area contributed by atoms with Crippen molar-refractivity contribution in [3.05, 3.63) is 12.7 Å². The van der Waals surface area contributed by atoms with Crippen molar-refractivity contribution in [1.82, 2.24) is 5.32 Å². The van der Waals surface area contributed by atoms with E-state index < -0.39 is 6.03 Å². The predicted molar refractivity (Wildman–Crippen MR) is 27.8 cm³/mol. The summed E-state index contributed by atoms with van der Waals surface area (Å²) in [5, 5.41) is 2.32. The third-order valence-electron chi connectivity index (χ3n) is 0.421. The summed E-state index contributed by atoms with van der Waals surface area (Å²) in [7, 11) is 0. The van der Waals surface area contributed by atoms with Crippen LogP contribution in [0.1, 0.15) is 0 Å². The van der Waals surface area contributed by atoms with Crippen LogP contribution in [0.25, 0.3) is 0 Å². The van der Waals surface area contributed by atoms with Gasteiger partial charge in [-0.05, 0) is 0 Å². The van der Waals surface area contributed by atoms with E-state index in [9.17, 15) is 4.79 Å². The zero-order valence-electron chi connectivity index (χ0n) is 3.98. The first-order valence-corrected chi connectivity index (χ1v) is 1.91. The zero-order chi connectivity index (χ0) is 5.70. The second-order valence-electron chi connectivity index (χ2n) is 1.03. The van der Waals surface area contributed by atoms with Crippen LogP contribution < -0.4 is 11.1 Å². The molecule has 0 spiro atoms. The van der Waals surface area contributed by atoms with Crippen LogP contribution in [0.5, 0.6) is 0 Å². The molecule has 3 heteroatoms. The third-order valence-corrected chi connectivity index (χ3v) is 0.421. The number of primary amides is 1. The van der Waals surface area contributed by atoms with Gasteiger partial charge in [-0.15, -0.1) is 6.58 Å². The van der Waals surface area contributed by atoms with Crippen molar-refractivity contribution in [2.24, 2.45) is 5.73 Å². The Kier molecular flexibility index (Phi) is 2.76. The number of nitrogens with one attached hydrogen (secondary N) is 1. The van der Waals surface area contributed by atoms with Crippen LogP contribution in [-0.4, -0.2) is 12.6 Å². The molecule has 0 aliphatic carbocycles.